The second-order valence-corrected chi connectivity index (χ2v) is 3.63. The molecule has 1 aliphatic carbocycles. The Balaban J connectivity index is 2.96. The maximum atomic E-state index is 11.4. The van der Waals surface area contributed by atoms with Crippen LogP contribution in [-0.4, -0.2) is 43.0 Å². The van der Waals surface area contributed by atoms with Gasteiger partial charge in [0, 0.05) is 24.9 Å². The second kappa shape index (κ2) is 5.02. The number of methoxy groups -OCH3 is 2. The fourth-order valence-electron chi connectivity index (χ4n) is 1.93. The van der Waals surface area contributed by atoms with E-state index in [1.165, 1.54) is 7.11 Å². The Labute approximate surface area is 91.9 Å². The molecule has 0 aliphatic heterocycles. The number of rotatable bonds is 3. The number of Topliss-reactive ketones (excluding diaryl/α,β-unsaturated/α-hetero) is 1. The molecule has 0 spiro atoms. The summed E-state index contributed by atoms with van der Waals surface area (Å²) < 4.78 is 9.35. The molecule has 0 unspecified atom stereocenters. The van der Waals surface area contributed by atoms with Crippen molar-refractivity contribution >= 4 is 11.8 Å². The van der Waals surface area contributed by atoms with Crippen LogP contribution in [0.25, 0.3) is 0 Å². The number of hydrogen-bond donors (Lipinski definition) is 0. The minimum Gasteiger partial charge on any atom is -0.469 e. The summed E-state index contributed by atoms with van der Waals surface area (Å²) in [5, 5.41) is 10.9. The molecule has 3 atom stereocenters. The normalized spacial score (nSPS) is 29.9. The molecule has 0 aromatic heterocycles. The largest absolute Gasteiger partial charge is 0.469 e. The maximum Gasteiger partial charge on any atom is 0.316 e. The molecule has 1 aliphatic rings. The van der Waals surface area contributed by atoms with Crippen molar-refractivity contribution in [2.75, 3.05) is 14.2 Å². The van der Waals surface area contributed by atoms with E-state index in [0.717, 1.165) is 7.11 Å². The maximum absolute atomic E-state index is 11.4. The SMILES string of the molecule is COC(=O)[C@@H]1CC(=O)C[C@@H](OC)[C@H]1[N+](=O)[O-]. The lowest BCUT2D eigenvalue weighted by molar-refractivity contribution is -0.543. The highest BCUT2D eigenvalue weighted by Gasteiger charge is 2.49. The third-order valence-corrected chi connectivity index (χ3v) is 2.72. The molecule has 0 bridgehead atoms. The van der Waals surface area contributed by atoms with E-state index in [9.17, 15) is 19.7 Å². The van der Waals surface area contributed by atoms with Crippen molar-refractivity contribution in [3.63, 3.8) is 0 Å². The molecule has 0 radical (unpaired) electrons. The first-order valence-electron chi connectivity index (χ1n) is 4.77. The van der Waals surface area contributed by atoms with E-state index in [2.05, 4.69) is 4.74 Å². The first-order chi connectivity index (χ1) is 7.51. The summed E-state index contributed by atoms with van der Waals surface area (Å²) in [6.07, 6.45) is -1.05. The minimum absolute atomic E-state index is 0.0321. The van der Waals surface area contributed by atoms with Crippen molar-refractivity contribution < 1.29 is 24.0 Å². The van der Waals surface area contributed by atoms with Crippen molar-refractivity contribution in [1.29, 1.82) is 0 Å². The predicted octanol–water partition coefficient (Wildman–Crippen LogP) is -0.201. The average Bonchev–Trinajstić information content (AvgIpc) is 2.26. The molecule has 1 saturated carbocycles. The van der Waals surface area contributed by atoms with Gasteiger partial charge >= 0.3 is 5.97 Å². The number of nitrogens with zero attached hydrogens (tertiary/aromatic N) is 1. The molecule has 1 fully saturated rings. The number of ketones is 1. The molecule has 0 heterocycles. The zero-order chi connectivity index (χ0) is 12.3. The molecule has 0 amide bonds. The zero-order valence-corrected chi connectivity index (χ0v) is 9.04. The smallest absolute Gasteiger partial charge is 0.316 e. The Kier molecular flexibility index (Phi) is 3.94. The molecule has 90 valence electrons. The van der Waals surface area contributed by atoms with E-state index in [1.54, 1.807) is 0 Å². The molecule has 0 saturated heterocycles. The average molecular weight is 231 g/mol. The molecule has 7 heteroatoms. The topological polar surface area (TPSA) is 95.7 Å². The third-order valence-electron chi connectivity index (χ3n) is 2.72. The van der Waals surface area contributed by atoms with Gasteiger partial charge in [-0.05, 0) is 0 Å². The Bertz CT molecular complexity index is 315. The number of hydrogen-bond acceptors (Lipinski definition) is 6. The lowest BCUT2D eigenvalue weighted by Crippen LogP contribution is -2.50. The highest BCUT2D eigenvalue weighted by atomic mass is 16.6. The number of esters is 1. The van der Waals surface area contributed by atoms with Crippen molar-refractivity contribution in [3.05, 3.63) is 10.1 Å². The lowest BCUT2D eigenvalue weighted by atomic mass is 9.82. The van der Waals surface area contributed by atoms with Crippen molar-refractivity contribution in [2.45, 2.75) is 25.0 Å². The van der Waals surface area contributed by atoms with Gasteiger partial charge < -0.3 is 9.47 Å². The Morgan fingerprint density at radius 3 is 2.50 bits per heavy atom. The van der Waals surface area contributed by atoms with E-state index in [-0.39, 0.29) is 18.6 Å². The number of ether oxygens (including phenoxy) is 2. The molecule has 16 heavy (non-hydrogen) atoms. The van der Waals surface area contributed by atoms with E-state index in [0.29, 0.717) is 0 Å². The molecular formula is C9H13NO6. The van der Waals surface area contributed by atoms with Crippen molar-refractivity contribution in [2.24, 2.45) is 5.92 Å². The van der Waals surface area contributed by atoms with Crippen molar-refractivity contribution in [3.8, 4) is 0 Å². The quantitative estimate of drug-likeness (QED) is 0.379. The molecule has 0 N–H and O–H groups in total. The van der Waals surface area contributed by atoms with Crippen molar-refractivity contribution in [1.82, 2.24) is 0 Å². The van der Waals surface area contributed by atoms with Gasteiger partial charge in [-0.3, -0.25) is 19.7 Å². The lowest BCUT2D eigenvalue weighted by Gasteiger charge is -2.28. The van der Waals surface area contributed by atoms with Crippen LogP contribution in [0.1, 0.15) is 12.8 Å². The van der Waals surface area contributed by atoms with E-state index >= 15 is 0 Å². The summed E-state index contributed by atoms with van der Waals surface area (Å²) in [4.78, 5) is 33.0. The van der Waals surface area contributed by atoms with Crippen LogP contribution < -0.4 is 0 Å². The summed E-state index contributed by atoms with van der Waals surface area (Å²) >= 11 is 0. The molecule has 0 aromatic rings. The van der Waals surface area contributed by atoms with Gasteiger partial charge in [0.15, 0.2) is 0 Å². The summed E-state index contributed by atoms with van der Waals surface area (Å²) in [7, 11) is 2.42. The summed E-state index contributed by atoms with van der Waals surface area (Å²) in [5.74, 6) is -2.01. The Morgan fingerprint density at radius 2 is 2.06 bits per heavy atom. The van der Waals surface area contributed by atoms with Crippen LogP contribution in [-0.2, 0) is 19.1 Å². The molecular weight excluding hydrogens is 218 g/mol. The summed E-state index contributed by atoms with van der Waals surface area (Å²) in [6.45, 7) is 0. The minimum atomic E-state index is -1.21. The van der Waals surface area contributed by atoms with Gasteiger partial charge in [-0.25, -0.2) is 0 Å². The molecule has 0 aromatic carbocycles. The van der Waals surface area contributed by atoms with E-state index in [1.807, 2.05) is 0 Å². The van der Waals surface area contributed by atoms with Gasteiger partial charge in [-0.2, -0.15) is 0 Å². The summed E-state index contributed by atoms with van der Waals surface area (Å²) in [6, 6.07) is -1.21. The van der Waals surface area contributed by atoms with E-state index < -0.39 is 29.0 Å². The number of nitro groups is 1. The van der Waals surface area contributed by atoms with Gasteiger partial charge in [0.2, 0.25) is 0 Å². The van der Waals surface area contributed by atoms with Crippen LogP contribution in [0.4, 0.5) is 0 Å². The highest BCUT2D eigenvalue weighted by molar-refractivity contribution is 5.86. The van der Waals surface area contributed by atoms with Gasteiger partial charge in [-0.1, -0.05) is 0 Å². The standard InChI is InChI=1S/C9H13NO6/c1-15-7-4-5(11)3-6(9(12)16-2)8(7)10(13)14/h6-8H,3-4H2,1-2H3/t6-,7-,8+/m1/s1. The van der Waals surface area contributed by atoms with Crippen LogP contribution in [0.3, 0.4) is 0 Å². The predicted molar refractivity (Wildman–Crippen MR) is 51.3 cm³/mol. The molecule has 7 nitrogen and oxygen atoms in total. The second-order valence-electron chi connectivity index (χ2n) is 3.63. The highest BCUT2D eigenvalue weighted by Crippen LogP contribution is 2.27. The zero-order valence-electron chi connectivity index (χ0n) is 9.04. The fourth-order valence-corrected chi connectivity index (χ4v) is 1.93. The first-order valence-corrected chi connectivity index (χ1v) is 4.77. The monoisotopic (exact) mass is 231 g/mol. The first kappa shape index (κ1) is 12.6. The third kappa shape index (κ3) is 2.35. The van der Waals surface area contributed by atoms with Crippen LogP contribution in [0, 0.1) is 16.0 Å². The van der Waals surface area contributed by atoms with Gasteiger partial charge in [-0.15, -0.1) is 0 Å². The van der Waals surface area contributed by atoms with Gasteiger partial charge in [0.05, 0.1) is 7.11 Å². The van der Waals surface area contributed by atoms with Crippen LogP contribution >= 0.6 is 0 Å². The van der Waals surface area contributed by atoms with Crippen LogP contribution in [0.5, 0.6) is 0 Å². The van der Waals surface area contributed by atoms with E-state index in [4.69, 9.17) is 4.74 Å². The number of carbonyl (C=O) groups is 2. The summed E-state index contributed by atoms with van der Waals surface area (Å²) in [5.41, 5.74) is 0. The Morgan fingerprint density at radius 1 is 1.44 bits per heavy atom. The molecule has 1 rings (SSSR count). The Hall–Kier alpha value is -1.50. The van der Waals surface area contributed by atoms with Crippen LogP contribution in [0.15, 0.2) is 0 Å². The number of carbonyl (C=O) groups excluding carboxylic acids is 2. The fraction of sp³-hybridized carbons (Fsp3) is 0.778. The van der Waals surface area contributed by atoms with Crippen LogP contribution in [0.2, 0.25) is 0 Å². The van der Waals surface area contributed by atoms with Gasteiger partial charge in [0.25, 0.3) is 6.04 Å². The van der Waals surface area contributed by atoms with Gasteiger partial charge in [0.1, 0.15) is 17.8 Å².